The van der Waals surface area contributed by atoms with Crippen LogP contribution in [0.25, 0.3) is 11.0 Å². The second-order valence-electron chi connectivity index (χ2n) is 4.38. The van der Waals surface area contributed by atoms with Gasteiger partial charge in [0.1, 0.15) is 11.6 Å². The van der Waals surface area contributed by atoms with Crippen LogP contribution in [0.1, 0.15) is 0 Å². The van der Waals surface area contributed by atoms with Crippen LogP contribution in [0.4, 0.5) is 17.5 Å². The Bertz CT molecular complexity index is 770. The maximum Gasteiger partial charge on any atom is 0.241 e. The van der Waals surface area contributed by atoms with Gasteiger partial charge in [-0.25, -0.2) is 5.84 Å². The largest absolute Gasteiger partial charge is 0.495 e. The first-order chi connectivity index (χ1) is 10.2. The highest BCUT2D eigenvalue weighted by atomic mass is 16.5. The molecule has 3 aromatic rings. The Morgan fingerprint density at radius 1 is 1.29 bits per heavy atom. The lowest BCUT2D eigenvalue weighted by Crippen LogP contribution is -2.16. The van der Waals surface area contributed by atoms with Gasteiger partial charge in [-0.15, -0.1) is 0 Å². The van der Waals surface area contributed by atoms with Crippen LogP contribution in [0.5, 0.6) is 5.75 Å². The van der Waals surface area contributed by atoms with E-state index in [0.29, 0.717) is 17.4 Å². The van der Waals surface area contributed by atoms with Gasteiger partial charge in [-0.2, -0.15) is 15.1 Å². The van der Waals surface area contributed by atoms with Gasteiger partial charge in [0, 0.05) is 7.05 Å². The summed E-state index contributed by atoms with van der Waals surface area (Å²) in [4.78, 5) is 10.5. The number of para-hydroxylation sites is 2. The van der Waals surface area contributed by atoms with Crippen molar-refractivity contribution < 1.29 is 4.74 Å². The number of nitrogens with zero attached hydrogens (tertiary/aromatic N) is 4. The number of nitrogens with two attached hydrogens (primary N) is 1. The molecule has 0 amide bonds. The number of hydrogen-bond acceptors (Lipinski definition) is 7. The van der Waals surface area contributed by atoms with E-state index in [1.165, 1.54) is 0 Å². The molecule has 108 valence electrons. The summed E-state index contributed by atoms with van der Waals surface area (Å²) in [5, 5.41) is 7.61. The Labute approximate surface area is 120 Å². The van der Waals surface area contributed by atoms with Gasteiger partial charge in [0.2, 0.25) is 5.95 Å². The number of hydrazine groups is 1. The molecule has 0 spiro atoms. The molecule has 0 bridgehead atoms. The van der Waals surface area contributed by atoms with Gasteiger partial charge in [0.05, 0.1) is 24.4 Å². The maximum atomic E-state index is 5.42. The fraction of sp³-hybridized carbons (Fsp3) is 0.154. The van der Waals surface area contributed by atoms with Crippen LogP contribution in [-0.2, 0) is 0 Å². The van der Waals surface area contributed by atoms with Crippen molar-refractivity contribution in [1.29, 1.82) is 0 Å². The summed E-state index contributed by atoms with van der Waals surface area (Å²) in [5.74, 6) is 7.15. The Balaban J connectivity index is 2.16. The predicted molar refractivity (Wildman–Crippen MR) is 80.6 cm³/mol. The molecule has 0 saturated heterocycles. The summed E-state index contributed by atoms with van der Waals surface area (Å²) in [6.07, 6.45) is 1.68. The van der Waals surface area contributed by atoms with Crippen LogP contribution in [0, 0.1) is 0 Å². The predicted octanol–water partition coefficient (Wildman–Crippen LogP) is 1.41. The Morgan fingerprint density at radius 3 is 2.86 bits per heavy atom. The molecule has 0 aliphatic carbocycles. The first kappa shape index (κ1) is 13.1. The number of ether oxygens (including phenoxy) is 1. The number of rotatable bonds is 4. The third-order valence-electron chi connectivity index (χ3n) is 3.18. The van der Waals surface area contributed by atoms with E-state index < -0.39 is 0 Å². The molecule has 1 aromatic carbocycles. The lowest BCUT2D eigenvalue weighted by molar-refractivity contribution is 0.415. The summed E-state index contributed by atoms with van der Waals surface area (Å²) in [5.41, 5.74) is 3.94. The standard InChI is InChI=1S/C13H15N7O/c1-20(9-5-3-4-6-10(9)21-2)12-8-7-15-19-11(8)16-13(17-12)18-14/h3-7H,14H2,1-2H3,(H2,15,16,17,18,19). The van der Waals surface area contributed by atoms with E-state index >= 15 is 0 Å². The fourth-order valence-electron chi connectivity index (χ4n) is 2.16. The van der Waals surface area contributed by atoms with Crippen molar-refractivity contribution >= 4 is 28.5 Å². The van der Waals surface area contributed by atoms with Crippen LogP contribution in [0.15, 0.2) is 30.5 Å². The first-order valence-corrected chi connectivity index (χ1v) is 6.29. The molecule has 21 heavy (non-hydrogen) atoms. The van der Waals surface area contributed by atoms with E-state index in [0.717, 1.165) is 16.8 Å². The molecule has 0 fully saturated rings. The van der Waals surface area contributed by atoms with Crippen molar-refractivity contribution in [3.63, 3.8) is 0 Å². The molecular weight excluding hydrogens is 270 g/mol. The molecule has 0 unspecified atom stereocenters. The van der Waals surface area contributed by atoms with Gasteiger partial charge in [-0.05, 0) is 12.1 Å². The number of aromatic nitrogens is 4. The topological polar surface area (TPSA) is 105 Å². The minimum Gasteiger partial charge on any atom is -0.495 e. The first-order valence-electron chi connectivity index (χ1n) is 6.29. The van der Waals surface area contributed by atoms with E-state index in [9.17, 15) is 0 Å². The lowest BCUT2D eigenvalue weighted by atomic mass is 10.2. The van der Waals surface area contributed by atoms with E-state index in [1.54, 1.807) is 13.3 Å². The number of benzene rings is 1. The number of aromatic amines is 1. The second-order valence-corrected chi connectivity index (χ2v) is 4.38. The van der Waals surface area contributed by atoms with Gasteiger partial charge in [-0.1, -0.05) is 12.1 Å². The zero-order valence-electron chi connectivity index (χ0n) is 11.7. The second kappa shape index (κ2) is 5.25. The van der Waals surface area contributed by atoms with Crippen molar-refractivity contribution in [3.05, 3.63) is 30.5 Å². The van der Waals surface area contributed by atoms with Gasteiger partial charge >= 0.3 is 0 Å². The number of nitrogens with one attached hydrogen (secondary N) is 2. The fourth-order valence-corrected chi connectivity index (χ4v) is 2.16. The van der Waals surface area contributed by atoms with Gasteiger partial charge in [0.25, 0.3) is 0 Å². The molecule has 8 nitrogen and oxygen atoms in total. The molecule has 8 heteroatoms. The van der Waals surface area contributed by atoms with Crippen LogP contribution < -0.4 is 20.9 Å². The van der Waals surface area contributed by atoms with Crippen molar-refractivity contribution in [3.8, 4) is 5.75 Å². The highest BCUT2D eigenvalue weighted by Gasteiger charge is 2.16. The van der Waals surface area contributed by atoms with E-state index in [1.807, 2.05) is 36.2 Å². The van der Waals surface area contributed by atoms with Crippen LogP contribution >= 0.6 is 0 Å². The molecule has 0 aliphatic heterocycles. The molecule has 2 aromatic heterocycles. The van der Waals surface area contributed by atoms with E-state index in [2.05, 4.69) is 25.6 Å². The molecule has 0 atom stereocenters. The van der Waals surface area contributed by atoms with Gasteiger partial charge in [-0.3, -0.25) is 10.5 Å². The van der Waals surface area contributed by atoms with Crippen molar-refractivity contribution in [2.24, 2.45) is 5.84 Å². The average molecular weight is 285 g/mol. The Kier molecular flexibility index (Phi) is 3.28. The lowest BCUT2D eigenvalue weighted by Gasteiger charge is -2.21. The van der Waals surface area contributed by atoms with Crippen molar-refractivity contribution in [1.82, 2.24) is 20.2 Å². The monoisotopic (exact) mass is 285 g/mol. The number of H-pyrrole nitrogens is 1. The zero-order valence-corrected chi connectivity index (χ0v) is 11.7. The SMILES string of the molecule is COc1ccccc1N(C)c1nc(NN)nc2[nH]ncc12. The van der Waals surface area contributed by atoms with Crippen LogP contribution in [0.3, 0.4) is 0 Å². The quantitative estimate of drug-likeness (QED) is 0.491. The maximum absolute atomic E-state index is 5.42. The molecule has 0 saturated carbocycles. The summed E-state index contributed by atoms with van der Waals surface area (Å²) in [6.45, 7) is 0. The molecule has 0 aliphatic rings. The summed E-state index contributed by atoms with van der Waals surface area (Å²) in [6, 6.07) is 7.69. The molecule has 0 radical (unpaired) electrons. The van der Waals surface area contributed by atoms with Gasteiger partial charge < -0.3 is 9.64 Å². The minimum absolute atomic E-state index is 0.309. The highest BCUT2D eigenvalue weighted by Crippen LogP contribution is 2.34. The molecule has 4 N–H and O–H groups in total. The van der Waals surface area contributed by atoms with Crippen molar-refractivity contribution in [2.45, 2.75) is 0 Å². The van der Waals surface area contributed by atoms with E-state index in [4.69, 9.17) is 10.6 Å². The molecule has 2 heterocycles. The smallest absolute Gasteiger partial charge is 0.241 e. The average Bonchev–Trinajstić information content (AvgIpc) is 3.01. The third-order valence-corrected chi connectivity index (χ3v) is 3.18. The normalized spacial score (nSPS) is 10.6. The zero-order chi connectivity index (χ0) is 14.8. The summed E-state index contributed by atoms with van der Waals surface area (Å²) in [7, 11) is 3.53. The number of anilines is 3. The summed E-state index contributed by atoms with van der Waals surface area (Å²) >= 11 is 0. The number of fused-ring (bicyclic) bond motifs is 1. The minimum atomic E-state index is 0.309. The molecular formula is C13H15N7O. The third kappa shape index (κ3) is 2.21. The van der Waals surface area contributed by atoms with Crippen molar-refractivity contribution in [2.75, 3.05) is 24.5 Å². The number of hydrogen-bond donors (Lipinski definition) is 3. The van der Waals surface area contributed by atoms with E-state index in [-0.39, 0.29) is 0 Å². The highest BCUT2D eigenvalue weighted by molar-refractivity contribution is 5.90. The Morgan fingerprint density at radius 2 is 2.10 bits per heavy atom. The van der Waals surface area contributed by atoms with Gasteiger partial charge in [0.15, 0.2) is 5.65 Å². The van der Waals surface area contributed by atoms with Crippen LogP contribution in [-0.4, -0.2) is 34.3 Å². The summed E-state index contributed by atoms with van der Waals surface area (Å²) < 4.78 is 5.39. The Hall–Kier alpha value is -2.87. The number of methoxy groups -OCH3 is 1. The molecule has 3 rings (SSSR count). The van der Waals surface area contributed by atoms with Crippen LogP contribution in [0.2, 0.25) is 0 Å². The number of nitrogen functional groups attached to an aromatic ring is 1.